The van der Waals surface area contributed by atoms with Crippen molar-refractivity contribution in [3.8, 4) is 0 Å². The van der Waals surface area contributed by atoms with Gasteiger partial charge in [0.2, 0.25) is 5.95 Å². The summed E-state index contributed by atoms with van der Waals surface area (Å²) >= 11 is 0. The fourth-order valence-electron chi connectivity index (χ4n) is 4.36. The van der Waals surface area contributed by atoms with Crippen LogP contribution in [-0.2, 0) is 18.4 Å². The third-order valence-electron chi connectivity index (χ3n) is 6.55. The number of halogens is 1. The van der Waals surface area contributed by atoms with Gasteiger partial charge in [0.1, 0.15) is 23.0 Å². The first-order valence-electron chi connectivity index (χ1n) is 12.2. The summed E-state index contributed by atoms with van der Waals surface area (Å²) in [5.41, 5.74) is 3.19. The summed E-state index contributed by atoms with van der Waals surface area (Å²) in [6.07, 6.45) is 3.80. The number of anilines is 4. The predicted molar refractivity (Wildman–Crippen MR) is 135 cm³/mol. The third kappa shape index (κ3) is 5.00. The van der Waals surface area contributed by atoms with Gasteiger partial charge in [-0.3, -0.25) is 4.79 Å². The fourth-order valence-corrected chi connectivity index (χ4v) is 4.36. The molecule has 1 aromatic carbocycles. The number of nitrogens with one attached hydrogen (secondary N) is 4. The molecule has 9 nitrogen and oxygen atoms in total. The number of carbonyl (C=O) groups excluding carboxylic acids is 1. The van der Waals surface area contributed by atoms with Crippen LogP contribution >= 0.6 is 0 Å². The Morgan fingerprint density at radius 1 is 1.17 bits per heavy atom. The Bertz CT molecular complexity index is 1290. The van der Waals surface area contributed by atoms with Gasteiger partial charge in [0.25, 0.3) is 5.91 Å². The molecule has 1 aliphatic carbocycles. The molecule has 36 heavy (non-hydrogen) atoms. The van der Waals surface area contributed by atoms with E-state index in [-0.39, 0.29) is 35.6 Å². The second-order valence-electron chi connectivity index (χ2n) is 9.71. The van der Waals surface area contributed by atoms with E-state index < -0.39 is 11.2 Å². The number of aromatic nitrogens is 3. The minimum atomic E-state index is -0.640. The summed E-state index contributed by atoms with van der Waals surface area (Å²) in [4.78, 5) is 26.2. The smallest absolute Gasteiger partial charge is 0.256 e. The van der Waals surface area contributed by atoms with Gasteiger partial charge < -0.3 is 26.4 Å². The van der Waals surface area contributed by atoms with E-state index in [0.717, 1.165) is 25.2 Å². The number of rotatable bonds is 8. The maximum Gasteiger partial charge on any atom is 0.256 e. The molecule has 3 heterocycles. The minimum Gasteiger partial charge on any atom is -0.395 e. The van der Waals surface area contributed by atoms with Crippen molar-refractivity contribution in [3.63, 3.8) is 0 Å². The maximum absolute atomic E-state index is 14.5. The van der Waals surface area contributed by atoms with Crippen LogP contribution in [0.4, 0.5) is 27.7 Å². The first-order valence-corrected chi connectivity index (χ1v) is 12.2. The summed E-state index contributed by atoms with van der Waals surface area (Å²) in [5, 5.41) is 22.3. The van der Waals surface area contributed by atoms with Crippen molar-refractivity contribution in [1.29, 1.82) is 0 Å². The van der Waals surface area contributed by atoms with Gasteiger partial charge in [0.15, 0.2) is 0 Å². The van der Waals surface area contributed by atoms with Gasteiger partial charge in [-0.25, -0.2) is 14.4 Å². The molecule has 188 valence electrons. The second-order valence-corrected chi connectivity index (χ2v) is 9.71. The van der Waals surface area contributed by atoms with Gasteiger partial charge in [-0.15, -0.1) is 0 Å². The van der Waals surface area contributed by atoms with E-state index in [1.165, 1.54) is 29.5 Å². The highest BCUT2D eigenvalue weighted by atomic mass is 19.1. The lowest BCUT2D eigenvalue weighted by atomic mass is 10.0. The Hall–Kier alpha value is -3.63. The monoisotopic (exact) mass is 491 g/mol. The molecule has 0 spiro atoms. The normalized spacial score (nSPS) is 15.8. The summed E-state index contributed by atoms with van der Waals surface area (Å²) in [7, 11) is 0. The van der Waals surface area contributed by atoms with E-state index in [1.54, 1.807) is 0 Å². The zero-order valence-corrected chi connectivity index (χ0v) is 20.4. The summed E-state index contributed by atoms with van der Waals surface area (Å²) in [6, 6.07) is 8.87. The molecule has 1 amide bonds. The molecule has 1 fully saturated rings. The molecular weight excluding hydrogens is 461 g/mol. The fraction of sp³-hybridized carbons (Fsp3) is 0.385. The molecule has 0 bridgehead atoms. The predicted octanol–water partition coefficient (Wildman–Crippen LogP) is 3.31. The number of carbonyl (C=O) groups is 1. The number of hydrogen-bond acceptors (Lipinski definition) is 8. The first-order chi connectivity index (χ1) is 17.4. The van der Waals surface area contributed by atoms with Gasteiger partial charge in [-0.2, -0.15) is 4.98 Å². The molecule has 3 aromatic rings. The highest BCUT2D eigenvalue weighted by Crippen LogP contribution is 2.48. The lowest BCUT2D eigenvalue weighted by Gasteiger charge is -2.18. The van der Waals surface area contributed by atoms with Gasteiger partial charge in [0.05, 0.1) is 12.3 Å². The number of aliphatic hydroxyl groups excluding tert-OH is 1. The molecule has 10 heteroatoms. The number of fused-ring (bicyclic) bond motifs is 1. The van der Waals surface area contributed by atoms with E-state index in [4.69, 9.17) is 0 Å². The molecule has 5 N–H and O–H groups in total. The quantitative estimate of drug-likeness (QED) is 0.325. The Morgan fingerprint density at radius 3 is 2.75 bits per heavy atom. The third-order valence-corrected chi connectivity index (χ3v) is 6.55. The van der Waals surface area contributed by atoms with Crippen molar-refractivity contribution in [1.82, 2.24) is 25.6 Å². The largest absolute Gasteiger partial charge is 0.395 e. The molecule has 0 unspecified atom stereocenters. The Kier molecular flexibility index (Phi) is 6.55. The van der Waals surface area contributed by atoms with Crippen molar-refractivity contribution < 1.29 is 14.3 Å². The molecule has 1 aliphatic heterocycles. The molecule has 2 aliphatic rings. The highest BCUT2D eigenvalue weighted by Gasteiger charge is 2.47. The van der Waals surface area contributed by atoms with Crippen LogP contribution in [0.5, 0.6) is 0 Å². The van der Waals surface area contributed by atoms with Crippen LogP contribution in [0.1, 0.15) is 53.9 Å². The van der Waals surface area contributed by atoms with Gasteiger partial charge >= 0.3 is 0 Å². The SMILES string of the molecule is CC(C)NC(=O)c1cnc(Nc2ccc3c(c2)CNCC3)nc1Nc1ccc(F)c(C2(CO)CC2)n1. The summed E-state index contributed by atoms with van der Waals surface area (Å²) in [6.45, 7) is 5.34. The summed E-state index contributed by atoms with van der Waals surface area (Å²) < 4.78 is 14.5. The lowest BCUT2D eigenvalue weighted by Crippen LogP contribution is -2.31. The van der Waals surface area contributed by atoms with Crippen LogP contribution < -0.4 is 21.3 Å². The van der Waals surface area contributed by atoms with Crippen LogP contribution in [-0.4, -0.2) is 45.2 Å². The number of benzene rings is 1. The van der Waals surface area contributed by atoms with Crippen molar-refractivity contribution >= 4 is 29.2 Å². The van der Waals surface area contributed by atoms with E-state index in [1.807, 2.05) is 19.9 Å². The Labute approximate surface area is 209 Å². The average Bonchev–Trinajstić information content (AvgIpc) is 3.66. The molecule has 0 saturated heterocycles. The standard InChI is InChI=1S/C26H30FN7O2/c1-15(2)30-24(36)19-13-29-25(31-18-4-3-16-7-10-28-12-17(16)11-18)34-23(19)33-21-6-5-20(27)22(32-21)26(14-35)8-9-26/h3-6,11,13,15,28,35H,7-10,12,14H2,1-2H3,(H,30,36)(H2,29,31,32,33,34). The number of aliphatic hydroxyl groups is 1. The molecule has 5 rings (SSSR count). The van der Waals surface area contributed by atoms with Crippen LogP contribution in [0.3, 0.4) is 0 Å². The molecule has 0 atom stereocenters. The topological polar surface area (TPSA) is 124 Å². The van der Waals surface area contributed by atoms with Crippen LogP contribution in [0, 0.1) is 5.82 Å². The number of nitrogens with zero attached hydrogens (tertiary/aromatic N) is 3. The van der Waals surface area contributed by atoms with Gasteiger partial charge in [-0.05, 0) is 75.0 Å². The Morgan fingerprint density at radius 2 is 2.00 bits per heavy atom. The lowest BCUT2D eigenvalue weighted by molar-refractivity contribution is 0.0943. The van der Waals surface area contributed by atoms with Gasteiger partial charge in [0, 0.05) is 29.9 Å². The van der Waals surface area contributed by atoms with Crippen molar-refractivity contribution in [3.05, 3.63) is 64.7 Å². The van der Waals surface area contributed by atoms with Crippen molar-refractivity contribution in [2.45, 2.75) is 51.1 Å². The van der Waals surface area contributed by atoms with Crippen molar-refractivity contribution in [2.24, 2.45) is 0 Å². The number of amides is 1. The van der Waals surface area contributed by atoms with Crippen LogP contribution in [0.15, 0.2) is 36.5 Å². The molecule has 2 aromatic heterocycles. The second kappa shape index (κ2) is 9.79. The highest BCUT2D eigenvalue weighted by molar-refractivity contribution is 5.99. The first kappa shape index (κ1) is 24.1. The van der Waals surface area contributed by atoms with Crippen LogP contribution in [0.2, 0.25) is 0 Å². The van der Waals surface area contributed by atoms with E-state index in [2.05, 4.69) is 48.4 Å². The number of pyridine rings is 1. The van der Waals surface area contributed by atoms with Crippen molar-refractivity contribution in [2.75, 3.05) is 23.8 Å². The van der Waals surface area contributed by atoms with E-state index >= 15 is 0 Å². The molecule has 1 saturated carbocycles. The minimum absolute atomic E-state index is 0.0814. The maximum atomic E-state index is 14.5. The molecule has 0 radical (unpaired) electrons. The summed E-state index contributed by atoms with van der Waals surface area (Å²) in [5.74, 6) is 0.0733. The average molecular weight is 492 g/mol. The van der Waals surface area contributed by atoms with E-state index in [0.29, 0.717) is 24.6 Å². The van der Waals surface area contributed by atoms with Gasteiger partial charge in [-0.1, -0.05) is 6.07 Å². The molecular formula is C26H30FN7O2. The Balaban J connectivity index is 1.46. The zero-order chi connectivity index (χ0) is 25.3. The van der Waals surface area contributed by atoms with Crippen LogP contribution in [0.25, 0.3) is 0 Å². The van der Waals surface area contributed by atoms with E-state index in [9.17, 15) is 14.3 Å². The number of hydrogen-bond donors (Lipinski definition) is 5. The zero-order valence-electron chi connectivity index (χ0n) is 20.4.